The molecule has 1 aromatic rings. The van der Waals surface area contributed by atoms with E-state index in [0.717, 1.165) is 19.3 Å². The molecule has 0 aliphatic heterocycles. The molecule has 4 N–H and O–H groups in total. The second-order valence-electron chi connectivity index (χ2n) is 4.96. The van der Waals surface area contributed by atoms with Crippen molar-refractivity contribution in [2.45, 2.75) is 38.6 Å². The lowest BCUT2D eigenvalue weighted by Crippen LogP contribution is -2.48. The lowest BCUT2D eigenvalue weighted by molar-refractivity contribution is 0.298. The predicted molar refractivity (Wildman–Crippen MR) is 73.3 cm³/mol. The second kappa shape index (κ2) is 6.01. The van der Waals surface area contributed by atoms with E-state index in [4.69, 9.17) is 5.73 Å². The van der Waals surface area contributed by atoms with E-state index >= 15 is 0 Å². The first-order valence-electron chi connectivity index (χ1n) is 6.83. The van der Waals surface area contributed by atoms with Gasteiger partial charge >= 0.3 is 5.69 Å². The molecule has 0 aromatic carbocycles. The van der Waals surface area contributed by atoms with Crippen LogP contribution in [-0.4, -0.2) is 34.3 Å². The number of nitrogens with zero attached hydrogens (tertiary/aromatic N) is 2. The summed E-state index contributed by atoms with van der Waals surface area (Å²) < 4.78 is 0. The fourth-order valence-electron chi connectivity index (χ4n) is 2.95. The molecule has 1 fully saturated rings. The quantitative estimate of drug-likeness (QED) is 0.700. The van der Waals surface area contributed by atoms with Crippen LogP contribution in [0.4, 0.5) is 5.82 Å². The van der Waals surface area contributed by atoms with E-state index in [1.54, 1.807) is 0 Å². The van der Waals surface area contributed by atoms with Gasteiger partial charge in [0, 0.05) is 12.6 Å². The van der Waals surface area contributed by atoms with E-state index in [-0.39, 0.29) is 11.9 Å². The van der Waals surface area contributed by atoms with Gasteiger partial charge in [-0.25, -0.2) is 9.89 Å². The number of aromatic nitrogens is 3. The number of nitrogens with one attached hydrogen (secondary N) is 2. The molecule has 1 saturated carbocycles. The van der Waals surface area contributed by atoms with E-state index in [2.05, 4.69) is 15.2 Å². The van der Waals surface area contributed by atoms with Crippen LogP contribution in [0.25, 0.3) is 0 Å². The number of hydrogen-bond donors (Lipinski definition) is 3. The van der Waals surface area contributed by atoms with E-state index in [9.17, 15) is 9.59 Å². The molecule has 1 heterocycles. The number of nitrogens with two attached hydrogens (primary N) is 1. The molecule has 0 bridgehead atoms. The van der Waals surface area contributed by atoms with Gasteiger partial charge in [-0.2, -0.15) is 0 Å². The Balaban J connectivity index is 2.32. The summed E-state index contributed by atoms with van der Waals surface area (Å²) in [6.07, 6.45) is 4.42. The first-order valence-corrected chi connectivity index (χ1v) is 6.83. The molecule has 0 saturated heterocycles. The van der Waals surface area contributed by atoms with Crippen molar-refractivity contribution < 1.29 is 0 Å². The van der Waals surface area contributed by atoms with Crippen LogP contribution in [0.2, 0.25) is 0 Å². The highest BCUT2D eigenvalue weighted by molar-refractivity contribution is 5.36. The Morgan fingerprint density at radius 3 is 2.74 bits per heavy atom. The SMILES string of the molecule is CCN(c1n[nH]c(=O)[nH]c1=O)C1CCCCC1CN. The monoisotopic (exact) mass is 267 g/mol. The third kappa shape index (κ3) is 2.86. The smallest absolute Gasteiger partial charge is 0.342 e. The maximum Gasteiger partial charge on any atom is 0.342 e. The summed E-state index contributed by atoms with van der Waals surface area (Å²) in [4.78, 5) is 27.1. The Bertz CT molecular complexity index is 523. The fourth-order valence-corrected chi connectivity index (χ4v) is 2.95. The molecule has 0 radical (unpaired) electrons. The van der Waals surface area contributed by atoms with Crippen LogP contribution in [0.5, 0.6) is 0 Å². The molecule has 0 amide bonds. The van der Waals surface area contributed by atoms with Crippen LogP contribution in [0.15, 0.2) is 9.59 Å². The molecule has 2 rings (SSSR count). The summed E-state index contributed by atoms with van der Waals surface area (Å²) in [5, 5.41) is 6.19. The van der Waals surface area contributed by atoms with E-state index in [0.29, 0.717) is 19.0 Å². The van der Waals surface area contributed by atoms with Crippen LogP contribution in [0, 0.1) is 5.92 Å². The van der Waals surface area contributed by atoms with E-state index < -0.39 is 11.2 Å². The van der Waals surface area contributed by atoms with Crippen LogP contribution in [0.3, 0.4) is 0 Å². The first-order chi connectivity index (χ1) is 9.17. The fraction of sp³-hybridized carbons (Fsp3) is 0.750. The zero-order valence-corrected chi connectivity index (χ0v) is 11.2. The summed E-state index contributed by atoms with van der Waals surface area (Å²) in [7, 11) is 0. The van der Waals surface area contributed by atoms with Gasteiger partial charge in [0.25, 0.3) is 5.56 Å². The third-order valence-electron chi connectivity index (χ3n) is 3.88. The van der Waals surface area contributed by atoms with Crippen molar-refractivity contribution in [3.8, 4) is 0 Å². The summed E-state index contributed by atoms with van der Waals surface area (Å²) in [6, 6.07) is 0.225. The maximum absolute atomic E-state index is 11.9. The average Bonchev–Trinajstić information content (AvgIpc) is 2.42. The van der Waals surface area contributed by atoms with Crippen molar-refractivity contribution in [2.24, 2.45) is 11.7 Å². The molecule has 1 aromatic heterocycles. The molecule has 1 aliphatic carbocycles. The predicted octanol–water partition coefficient (Wildman–Crippen LogP) is -0.198. The Hall–Kier alpha value is -1.63. The van der Waals surface area contributed by atoms with Gasteiger partial charge in [0.1, 0.15) is 0 Å². The van der Waals surface area contributed by atoms with Gasteiger partial charge in [-0.15, -0.1) is 5.10 Å². The second-order valence-corrected chi connectivity index (χ2v) is 4.96. The maximum atomic E-state index is 11.9. The zero-order valence-electron chi connectivity index (χ0n) is 11.2. The number of hydrogen-bond acceptors (Lipinski definition) is 5. The molecule has 7 heteroatoms. The van der Waals surface area contributed by atoms with Crippen molar-refractivity contribution in [1.29, 1.82) is 0 Å². The molecule has 1 aliphatic rings. The van der Waals surface area contributed by atoms with Crippen LogP contribution in [0.1, 0.15) is 32.6 Å². The van der Waals surface area contributed by atoms with Crippen molar-refractivity contribution in [2.75, 3.05) is 18.0 Å². The van der Waals surface area contributed by atoms with Gasteiger partial charge in [-0.1, -0.05) is 12.8 Å². The van der Waals surface area contributed by atoms with E-state index in [1.165, 1.54) is 6.42 Å². The van der Waals surface area contributed by atoms with Crippen molar-refractivity contribution in [3.63, 3.8) is 0 Å². The topological polar surface area (TPSA) is 108 Å². The minimum absolute atomic E-state index is 0.225. The highest BCUT2D eigenvalue weighted by Gasteiger charge is 2.30. The van der Waals surface area contributed by atoms with Crippen LogP contribution >= 0.6 is 0 Å². The first kappa shape index (κ1) is 13.8. The van der Waals surface area contributed by atoms with Crippen molar-refractivity contribution >= 4 is 5.82 Å². The molecule has 106 valence electrons. The number of rotatable bonds is 4. The minimum Gasteiger partial charge on any atom is -0.348 e. The highest BCUT2D eigenvalue weighted by Crippen LogP contribution is 2.28. The van der Waals surface area contributed by atoms with Gasteiger partial charge in [0.15, 0.2) is 0 Å². The molecule has 7 nitrogen and oxygen atoms in total. The lowest BCUT2D eigenvalue weighted by Gasteiger charge is -2.39. The number of aromatic amines is 2. The van der Waals surface area contributed by atoms with Crippen LogP contribution in [-0.2, 0) is 0 Å². The molecular formula is C12H21N5O2. The number of anilines is 1. The van der Waals surface area contributed by atoms with Crippen molar-refractivity contribution in [3.05, 3.63) is 20.8 Å². The molecular weight excluding hydrogens is 246 g/mol. The normalized spacial score (nSPS) is 23.3. The molecule has 0 spiro atoms. The third-order valence-corrected chi connectivity index (χ3v) is 3.88. The van der Waals surface area contributed by atoms with Gasteiger partial charge in [0.05, 0.1) is 0 Å². The van der Waals surface area contributed by atoms with Gasteiger partial charge in [0.2, 0.25) is 5.82 Å². The standard InChI is InChI=1S/C12H21N5O2/c1-2-17(9-6-4-3-5-8(9)7-13)10-11(18)14-12(19)16-15-10/h8-9H,2-7,13H2,1H3,(H2,14,16,18,19). The van der Waals surface area contributed by atoms with Gasteiger partial charge in [-0.3, -0.25) is 9.78 Å². The number of H-pyrrole nitrogens is 2. The molecule has 19 heavy (non-hydrogen) atoms. The Morgan fingerprint density at radius 2 is 2.11 bits per heavy atom. The van der Waals surface area contributed by atoms with Gasteiger partial charge in [-0.05, 0) is 32.2 Å². The van der Waals surface area contributed by atoms with E-state index in [1.807, 2.05) is 11.8 Å². The Morgan fingerprint density at radius 1 is 1.37 bits per heavy atom. The van der Waals surface area contributed by atoms with Crippen LogP contribution < -0.4 is 21.9 Å². The lowest BCUT2D eigenvalue weighted by atomic mass is 9.83. The highest BCUT2D eigenvalue weighted by atomic mass is 16.2. The summed E-state index contributed by atoms with van der Waals surface area (Å²) in [6.45, 7) is 3.26. The van der Waals surface area contributed by atoms with Crippen molar-refractivity contribution in [1.82, 2.24) is 15.2 Å². The summed E-state index contributed by atoms with van der Waals surface area (Å²) >= 11 is 0. The average molecular weight is 267 g/mol. The zero-order chi connectivity index (χ0) is 13.8. The summed E-state index contributed by atoms with van der Waals surface area (Å²) in [5.74, 6) is 0.661. The minimum atomic E-state index is -0.580. The molecule has 2 atom stereocenters. The Kier molecular flexibility index (Phi) is 4.36. The summed E-state index contributed by atoms with van der Waals surface area (Å²) in [5.41, 5.74) is 4.82. The Labute approximate surface area is 111 Å². The molecule has 2 unspecified atom stereocenters. The van der Waals surface area contributed by atoms with Gasteiger partial charge < -0.3 is 10.6 Å². The largest absolute Gasteiger partial charge is 0.348 e.